The molecule has 3 heterocycles. The third kappa shape index (κ3) is 2.91. The van der Waals surface area contributed by atoms with Crippen LogP contribution in [0.25, 0.3) is 16.9 Å². The zero-order valence-corrected chi connectivity index (χ0v) is 13.7. The second-order valence-corrected chi connectivity index (χ2v) is 6.14. The van der Waals surface area contributed by atoms with E-state index < -0.39 is 0 Å². The van der Waals surface area contributed by atoms with Gasteiger partial charge < -0.3 is 9.47 Å². The average molecular weight is 324 g/mol. The fourth-order valence-electron chi connectivity index (χ4n) is 3.16. The minimum absolute atomic E-state index is 0.584. The van der Waals surface area contributed by atoms with Crippen molar-refractivity contribution >= 4 is 5.65 Å². The topological polar surface area (TPSA) is 61.5 Å². The molecule has 6 heteroatoms. The standard InChI is InChI=1S/C18H20N4O2/c1-23-17-8-6-14(10-20-17)15-11-19-16-7-9-18(21-22(15)16)24-12-13-4-2-3-5-13/h6-11,13H,2-5,12H2,1H3. The van der Waals surface area contributed by atoms with Crippen molar-refractivity contribution in [1.82, 2.24) is 19.6 Å². The first kappa shape index (κ1) is 14.9. The van der Waals surface area contributed by atoms with Crippen molar-refractivity contribution in [2.45, 2.75) is 25.7 Å². The van der Waals surface area contributed by atoms with E-state index in [0.717, 1.165) is 23.5 Å². The van der Waals surface area contributed by atoms with Crippen LogP contribution in [0, 0.1) is 5.92 Å². The van der Waals surface area contributed by atoms with E-state index in [4.69, 9.17) is 9.47 Å². The molecule has 0 radical (unpaired) electrons. The molecule has 0 amide bonds. The Kier molecular flexibility index (Phi) is 4.02. The number of rotatable bonds is 5. The lowest BCUT2D eigenvalue weighted by atomic mass is 10.1. The zero-order chi connectivity index (χ0) is 16.4. The van der Waals surface area contributed by atoms with E-state index in [9.17, 15) is 0 Å². The van der Waals surface area contributed by atoms with Crippen molar-refractivity contribution in [2.24, 2.45) is 5.92 Å². The molecule has 6 nitrogen and oxygen atoms in total. The molecule has 124 valence electrons. The van der Waals surface area contributed by atoms with Crippen LogP contribution in [0.15, 0.2) is 36.7 Å². The molecule has 1 aliphatic carbocycles. The van der Waals surface area contributed by atoms with Gasteiger partial charge in [-0.3, -0.25) is 0 Å². The van der Waals surface area contributed by atoms with Crippen LogP contribution in [0.1, 0.15) is 25.7 Å². The fraction of sp³-hybridized carbons (Fsp3) is 0.389. The van der Waals surface area contributed by atoms with Gasteiger partial charge in [-0.15, -0.1) is 5.10 Å². The molecule has 0 aromatic carbocycles. The Morgan fingerprint density at radius 3 is 2.62 bits per heavy atom. The number of nitrogens with zero attached hydrogens (tertiary/aromatic N) is 4. The van der Waals surface area contributed by atoms with E-state index in [0.29, 0.717) is 17.7 Å². The number of fused-ring (bicyclic) bond motifs is 1. The maximum absolute atomic E-state index is 5.90. The van der Waals surface area contributed by atoms with Gasteiger partial charge in [0.1, 0.15) is 0 Å². The van der Waals surface area contributed by atoms with Gasteiger partial charge in [0, 0.05) is 23.9 Å². The van der Waals surface area contributed by atoms with Crippen molar-refractivity contribution in [3.05, 3.63) is 36.7 Å². The number of aromatic nitrogens is 4. The summed E-state index contributed by atoms with van der Waals surface area (Å²) in [5.74, 6) is 1.88. The van der Waals surface area contributed by atoms with E-state index >= 15 is 0 Å². The Labute approximate surface area is 140 Å². The molecule has 0 bridgehead atoms. The van der Waals surface area contributed by atoms with Gasteiger partial charge in [-0.2, -0.15) is 0 Å². The molecule has 0 aliphatic heterocycles. The van der Waals surface area contributed by atoms with Crippen LogP contribution in [0.2, 0.25) is 0 Å². The first-order valence-corrected chi connectivity index (χ1v) is 8.31. The molecule has 0 unspecified atom stereocenters. The Morgan fingerprint density at radius 1 is 1.04 bits per heavy atom. The number of pyridine rings is 1. The third-order valence-corrected chi connectivity index (χ3v) is 4.52. The van der Waals surface area contributed by atoms with E-state index in [1.807, 2.05) is 24.3 Å². The highest BCUT2D eigenvalue weighted by atomic mass is 16.5. The summed E-state index contributed by atoms with van der Waals surface area (Å²) in [6, 6.07) is 7.59. The van der Waals surface area contributed by atoms with Crippen molar-refractivity contribution < 1.29 is 9.47 Å². The predicted octanol–water partition coefficient (Wildman–Crippen LogP) is 3.37. The number of ether oxygens (including phenoxy) is 2. The van der Waals surface area contributed by atoms with Crippen LogP contribution in [-0.2, 0) is 0 Å². The van der Waals surface area contributed by atoms with Crippen molar-refractivity contribution in [2.75, 3.05) is 13.7 Å². The summed E-state index contributed by atoms with van der Waals surface area (Å²) >= 11 is 0. The summed E-state index contributed by atoms with van der Waals surface area (Å²) in [4.78, 5) is 8.65. The van der Waals surface area contributed by atoms with Crippen LogP contribution < -0.4 is 9.47 Å². The fourth-order valence-corrected chi connectivity index (χ4v) is 3.16. The highest BCUT2D eigenvalue weighted by Gasteiger charge is 2.16. The predicted molar refractivity (Wildman–Crippen MR) is 90.2 cm³/mol. The molecule has 0 atom stereocenters. The van der Waals surface area contributed by atoms with Gasteiger partial charge in [-0.1, -0.05) is 12.8 Å². The van der Waals surface area contributed by atoms with Crippen LogP contribution in [0.4, 0.5) is 0 Å². The largest absolute Gasteiger partial charge is 0.481 e. The summed E-state index contributed by atoms with van der Waals surface area (Å²) < 4.78 is 12.8. The van der Waals surface area contributed by atoms with Gasteiger partial charge in [-0.25, -0.2) is 14.5 Å². The minimum Gasteiger partial charge on any atom is -0.481 e. The second-order valence-electron chi connectivity index (χ2n) is 6.14. The molecule has 24 heavy (non-hydrogen) atoms. The number of imidazole rings is 1. The maximum atomic E-state index is 5.90. The van der Waals surface area contributed by atoms with E-state index in [2.05, 4.69) is 15.1 Å². The molecule has 4 rings (SSSR count). The Hall–Kier alpha value is -2.63. The Balaban J connectivity index is 1.60. The monoisotopic (exact) mass is 324 g/mol. The van der Waals surface area contributed by atoms with Gasteiger partial charge in [-0.05, 0) is 30.9 Å². The molecular formula is C18H20N4O2. The highest BCUT2D eigenvalue weighted by Crippen LogP contribution is 2.26. The molecular weight excluding hydrogens is 304 g/mol. The van der Waals surface area contributed by atoms with Crippen molar-refractivity contribution in [1.29, 1.82) is 0 Å². The lowest BCUT2D eigenvalue weighted by molar-refractivity contribution is 0.240. The summed E-state index contributed by atoms with van der Waals surface area (Å²) in [6.07, 6.45) is 8.71. The molecule has 1 fully saturated rings. The maximum Gasteiger partial charge on any atom is 0.231 e. The minimum atomic E-state index is 0.584. The van der Waals surface area contributed by atoms with Crippen LogP contribution >= 0.6 is 0 Å². The summed E-state index contributed by atoms with van der Waals surface area (Å²) in [5, 5.41) is 4.59. The number of methoxy groups -OCH3 is 1. The summed E-state index contributed by atoms with van der Waals surface area (Å²) in [6.45, 7) is 0.743. The van der Waals surface area contributed by atoms with Crippen LogP contribution in [0.5, 0.6) is 11.8 Å². The van der Waals surface area contributed by atoms with Gasteiger partial charge >= 0.3 is 0 Å². The van der Waals surface area contributed by atoms with Gasteiger partial charge in [0.05, 0.1) is 25.6 Å². The molecule has 0 spiro atoms. The third-order valence-electron chi connectivity index (χ3n) is 4.52. The smallest absolute Gasteiger partial charge is 0.231 e. The molecule has 0 saturated heterocycles. The van der Waals surface area contributed by atoms with Crippen LogP contribution in [-0.4, -0.2) is 33.3 Å². The Bertz CT molecular complexity index is 823. The number of hydrogen-bond acceptors (Lipinski definition) is 5. The normalized spacial score (nSPS) is 15.0. The summed E-state index contributed by atoms with van der Waals surface area (Å²) in [7, 11) is 1.60. The Morgan fingerprint density at radius 2 is 1.88 bits per heavy atom. The lowest BCUT2D eigenvalue weighted by Crippen LogP contribution is -2.10. The summed E-state index contributed by atoms with van der Waals surface area (Å²) in [5.41, 5.74) is 2.60. The van der Waals surface area contributed by atoms with Gasteiger partial charge in [0.25, 0.3) is 0 Å². The quantitative estimate of drug-likeness (QED) is 0.720. The van der Waals surface area contributed by atoms with Crippen molar-refractivity contribution in [3.63, 3.8) is 0 Å². The average Bonchev–Trinajstić information content (AvgIpc) is 3.29. The van der Waals surface area contributed by atoms with E-state index in [-0.39, 0.29) is 0 Å². The van der Waals surface area contributed by atoms with Crippen LogP contribution in [0.3, 0.4) is 0 Å². The first-order valence-electron chi connectivity index (χ1n) is 8.31. The lowest BCUT2D eigenvalue weighted by Gasteiger charge is -2.11. The highest BCUT2D eigenvalue weighted by molar-refractivity contribution is 5.62. The van der Waals surface area contributed by atoms with Gasteiger partial charge in [0.15, 0.2) is 5.65 Å². The van der Waals surface area contributed by atoms with Crippen molar-refractivity contribution in [3.8, 4) is 23.0 Å². The molecule has 0 N–H and O–H groups in total. The van der Waals surface area contributed by atoms with Gasteiger partial charge in [0.2, 0.25) is 11.8 Å². The zero-order valence-electron chi connectivity index (χ0n) is 13.7. The number of hydrogen-bond donors (Lipinski definition) is 0. The molecule has 3 aromatic heterocycles. The van der Waals surface area contributed by atoms with E-state index in [1.54, 1.807) is 24.0 Å². The first-order chi connectivity index (χ1) is 11.8. The second kappa shape index (κ2) is 6.47. The SMILES string of the molecule is COc1ccc(-c2cnc3ccc(OCC4CCCC4)nn23)cn1. The van der Waals surface area contributed by atoms with E-state index in [1.165, 1.54) is 25.7 Å². The molecule has 3 aromatic rings. The molecule has 1 aliphatic rings. The molecule has 1 saturated carbocycles.